The molecule has 1 atom stereocenters. The van der Waals surface area contributed by atoms with Crippen molar-refractivity contribution in [2.24, 2.45) is 7.05 Å². The summed E-state index contributed by atoms with van der Waals surface area (Å²) in [7, 11) is 8.71. The highest BCUT2D eigenvalue weighted by Crippen LogP contribution is 2.37. The Morgan fingerprint density at radius 3 is 2.26 bits per heavy atom. The maximum absolute atomic E-state index is 12.4. The van der Waals surface area contributed by atoms with Crippen molar-refractivity contribution in [1.29, 1.82) is 0 Å². The first kappa shape index (κ1) is 27.4. The summed E-state index contributed by atoms with van der Waals surface area (Å²) < 4.78 is 12.8. The lowest BCUT2D eigenvalue weighted by atomic mass is 10.0. The molecule has 3 heterocycles. The van der Waals surface area contributed by atoms with Crippen LogP contribution in [0.15, 0.2) is 42.7 Å². The lowest BCUT2D eigenvalue weighted by Gasteiger charge is -2.20. The number of aromatic nitrogens is 5. The Balaban J connectivity index is 1.67. The molecule has 0 aliphatic carbocycles. The number of carboxylic acid groups (broad SMARTS) is 1. The molecule has 0 radical (unpaired) electrons. The molecule has 0 amide bonds. The smallest absolute Gasteiger partial charge is 0.326 e. The van der Waals surface area contributed by atoms with Crippen molar-refractivity contribution in [3.8, 4) is 33.9 Å². The summed E-state index contributed by atoms with van der Waals surface area (Å²) in [5.41, 5.74) is 5.41. The van der Waals surface area contributed by atoms with E-state index >= 15 is 0 Å². The van der Waals surface area contributed by atoms with Gasteiger partial charge in [0.05, 0.1) is 31.2 Å². The number of nitrogens with zero attached hydrogens (tertiary/aromatic N) is 6. The molecule has 0 aliphatic heterocycles. The number of nitrogens with one attached hydrogen (secondary N) is 1. The number of carboxylic acids is 1. The van der Waals surface area contributed by atoms with E-state index in [0.29, 0.717) is 34.5 Å². The molecular weight excluding hydrogens is 498 g/mol. The van der Waals surface area contributed by atoms with Crippen LogP contribution in [-0.4, -0.2) is 70.2 Å². The van der Waals surface area contributed by atoms with Crippen molar-refractivity contribution in [1.82, 2.24) is 24.7 Å². The molecule has 39 heavy (non-hydrogen) atoms. The second kappa shape index (κ2) is 11.4. The lowest BCUT2D eigenvalue weighted by molar-refractivity contribution is -0.137. The topological polar surface area (TPSA) is 128 Å². The van der Waals surface area contributed by atoms with E-state index in [2.05, 4.69) is 25.4 Å². The fourth-order valence-corrected chi connectivity index (χ4v) is 4.44. The van der Waals surface area contributed by atoms with Crippen LogP contribution in [0.25, 0.3) is 22.4 Å². The number of aryl methyl sites for hydroxylation is 2. The number of benzene rings is 1. The van der Waals surface area contributed by atoms with Gasteiger partial charge < -0.3 is 24.8 Å². The number of anilines is 2. The number of carbonyl (C=O) groups is 1. The maximum Gasteiger partial charge on any atom is 0.326 e. The minimum atomic E-state index is -1.01. The molecule has 0 bridgehead atoms. The SMILES string of the molecule is COc1cccc(OC)c1-c1ccc(CC(Nc2nc(N(C)C)ncc2-c2c(C)nn(C)c2C)C(=O)O)cn1. The Hall–Kier alpha value is -4.67. The van der Waals surface area contributed by atoms with Crippen LogP contribution >= 0.6 is 0 Å². The molecule has 1 unspecified atom stereocenters. The maximum atomic E-state index is 12.4. The van der Waals surface area contributed by atoms with Gasteiger partial charge >= 0.3 is 5.97 Å². The molecule has 0 spiro atoms. The third-order valence-electron chi connectivity index (χ3n) is 6.51. The largest absolute Gasteiger partial charge is 0.496 e. The summed E-state index contributed by atoms with van der Waals surface area (Å²) in [6.07, 6.45) is 3.55. The van der Waals surface area contributed by atoms with Gasteiger partial charge in [-0.1, -0.05) is 12.1 Å². The molecular formula is C28H33N7O4. The molecule has 0 fully saturated rings. The zero-order valence-electron chi connectivity index (χ0n) is 23.2. The van der Waals surface area contributed by atoms with Crippen LogP contribution in [0.4, 0.5) is 11.8 Å². The number of methoxy groups -OCH3 is 2. The van der Waals surface area contributed by atoms with Crippen LogP contribution in [0.2, 0.25) is 0 Å². The summed E-state index contributed by atoms with van der Waals surface area (Å²) in [5.74, 6) is 1.13. The van der Waals surface area contributed by atoms with Gasteiger partial charge in [0.1, 0.15) is 23.4 Å². The van der Waals surface area contributed by atoms with Crippen LogP contribution in [0, 0.1) is 13.8 Å². The zero-order chi connectivity index (χ0) is 28.3. The molecule has 0 saturated carbocycles. The number of ether oxygens (including phenoxy) is 2. The quantitative estimate of drug-likeness (QED) is 0.312. The molecule has 11 heteroatoms. The predicted molar refractivity (Wildman–Crippen MR) is 150 cm³/mol. The average Bonchev–Trinajstić information content (AvgIpc) is 3.18. The van der Waals surface area contributed by atoms with Gasteiger partial charge in [-0.15, -0.1) is 0 Å². The lowest BCUT2D eigenvalue weighted by Crippen LogP contribution is -2.32. The van der Waals surface area contributed by atoms with E-state index in [4.69, 9.17) is 9.47 Å². The zero-order valence-corrected chi connectivity index (χ0v) is 23.2. The first-order valence-electron chi connectivity index (χ1n) is 12.3. The fourth-order valence-electron chi connectivity index (χ4n) is 4.44. The van der Waals surface area contributed by atoms with Gasteiger partial charge in [0, 0.05) is 56.8 Å². The first-order chi connectivity index (χ1) is 18.6. The van der Waals surface area contributed by atoms with Gasteiger partial charge in [0.15, 0.2) is 0 Å². The monoisotopic (exact) mass is 531 g/mol. The van der Waals surface area contributed by atoms with Crippen molar-refractivity contribution >= 4 is 17.7 Å². The molecule has 4 rings (SSSR count). The highest BCUT2D eigenvalue weighted by atomic mass is 16.5. The number of pyridine rings is 1. The molecule has 2 N–H and O–H groups in total. The summed E-state index contributed by atoms with van der Waals surface area (Å²) in [6.45, 7) is 3.86. The Kier molecular flexibility index (Phi) is 7.99. The molecule has 0 aliphatic rings. The highest BCUT2D eigenvalue weighted by molar-refractivity contribution is 5.83. The number of hydrogen-bond donors (Lipinski definition) is 2. The van der Waals surface area contributed by atoms with Crippen molar-refractivity contribution in [2.75, 3.05) is 38.5 Å². The van der Waals surface area contributed by atoms with Crippen molar-refractivity contribution < 1.29 is 19.4 Å². The summed E-state index contributed by atoms with van der Waals surface area (Å²) in [5, 5.41) is 17.8. The van der Waals surface area contributed by atoms with Gasteiger partial charge in [0.2, 0.25) is 5.95 Å². The molecule has 4 aromatic rings. The number of rotatable bonds is 10. The normalized spacial score (nSPS) is 11.7. The Bertz CT molecular complexity index is 1460. The molecule has 204 valence electrons. The van der Waals surface area contributed by atoms with Gasteiger partial charge in [-0.05, 0) is 37.6 Å². The molecule has 3 aromatic heterocycles. The second-order valence-corrected chi connectivity index (χ2v) is 9.32. The van der Waals surface area contributed by atoms with Gasteiger partial charge in [0.25, 0.3) is 0 Å². The fraction of sp³-hybridized carbons (Fsp3) is 0.321. The van der Waals surface area contributed by atoms with Gasteiger partial charge in [-0.2, -0.15) is 10.1 Å². The van der Waals surface area contributed by atoms with Gasteiger partial charge in [-0.3, -0.25) is 9.67 Å². The van der Waals surface area contributed by atoms with Crippen LogP contribution in [0.5, 0.6) is 11.5 Å². The van der Waals surface area contributed by atoms with Gasteiger partial charge in [-0.25, -0.2) is 9.78 Å². The van der Waals surface area contributed by atoms with Crippen LogP contribution in [-0.2, 0) is 18.3 Å². The number of aliphatic carboxylic acids is 1. The van der Waals surface area contributed by atoms with E-state index in [1.165, 1.54) is 0 Å². The Labute approximate surface area is 227 Å². The highest BCUT2D eigenvalue weighted by Gasteiger charge is 2.24. The average molecular weight is 532 g/mol. The van der Waals surface area contributed by atoms with E-state index in [1.807, 2.05) is 65.3 Å². The summed E-state index contributed by atoms with van der Waals surface area (Å²) >= 11 is 0. The third-order valence-corrected chi connectivity index (χ3v) is 6.51. The molecule has 1 aromatic carbocycles. The van der Waals surface area contributed by atoms with E-state index in [9.17, 15) is 9.90 Å². The number of hydrogen-bond acceptors (Lipinski definition) is 9. The summed E-state index contributed by atoms with van der Waals surface area (Å²) in [6, 6.07) is 8.23. The standard InChI is InChI=1S/C28H33N7O4/c1-16-24(17(2)35(5)33-16)19-15-30-28(34(3)4)32-26(19)31-21(27(36)37)13-18-11-12-20(29-14-18)25-22(38-6)9-8-10-23(25)39-7/h8-12,14-15,21H,13H2,1-7H3,(H,36,37)(H,30,31,32). The van der Waals surface area contributed by atoms with Crippen LogP contribution < -0.4 is 19.7 Å². The Morgan fingerprint density at radius 2 is 1.74 bits per heavy atom. The molecule has 0 saturated heterocycles. The van der Waals surface area contributed by atoms with E-state index < -0.39 is 12.0 Å². The van der Waals surface area contributed by atoms with Crippen molar-refractivity contribution in [3.63, 3.8) is 0 Å². The van der Waals surface area contributed by atoms with E-state index in [-0.39, 0.29) is 6.42 Å². The predicted octanol–water partition coefficient (Wildman–Crippen LogP) is 3.75. The van der Waals surface area contributed by atoms with Crippen molar-refractivity contribution in [3.05, 3.63) is 59.7 Å². The van der Waals surface area contributed by atoms with Crippen LogP contribution in [0.1, 0.15) is 17.0 Å². The van der Waals surface area contributed by atoms with E-state index in [0.717, 1.165) is 28.1 Å². The minimum absolute atomic E-state index is 0.178. The third kappa shape index (κ3) is 5.62. The van der Waals surface area contributed by atoms with E-state index in [1.54, 1.807) is 36.2 Å². The second-order valence-electron chi connectivity index (χ2n) is 9.32. The first-order valence-corrected chi connectivity index (χ1v) is 12.3. The Morgan fingerprint density at radius 1 is 1.05 bits per heavy atom. The summed E-state index contributed by atoms with van der Waals surface area (Å²) in [4.78, 5) is 27.9. The minimum Gasteiger partial charge on any atom is -0.496 e. The molecule has 11 nitrogen and oxygen atoms in total. The van der Waals surface area contributed by atoms with Crippen LogP contribution in [0.3, 0.4) is 0 Å². The van der Waals surface area contributed by atoms with Crippen molar-refractivity contribution in [2.45, 2.75) is 26.3 Å².